The highest BCUT2D eigenvalue weighted by molar-refractivity contribution is 5.47. The van der Waals surface area contributed by atoms with E-state index in [0.29, 0.717) is 28.2 Å². The molecule has 0 amide bonds. The van der Waals surface area contributed by atoms with Gasteiger partial charge in [-0.3, -0.25) is 0 Å². The molecular formula is C12H13F2N3O. The molecular weight excluding hydrogens is 240 g/mol. The van der Waals surface area contributed by atoms with Crippen molar-refractivity contribution in [2.75, 3.05) is 5.32 Å². The van der Waals surface area contributed by atoms with Gasteiger partial charge in [-0.05, 0) is 13.0 Å². The Bertz CT molecular complexity index is 540. The lowest BCUT2D eigenvalue weighted by Gasteiger charge is -2.06. The average Bonchev–Trinajstić information content (AvgIpc) is 2.70. The standard InChI is InChI=1S/C12H13F2N3O/c1-8-10(7-17(16-8)12(13)14)15-6-9-4-2-3-5-11(9)18/h2-5,7,12,15,18H,6H2,1H3. The third-order valence-corrected chi connectivity index (χ3v) is 2.58. The van der Waals surface area contributed by atoms with Crippen LogP contribution in [0.1, 0.15) is 17.8 Å². The lowest BCUT2D eigenvalue weighted by atomic mass is 10.2. The number of rotatable bonds is 4. The van der Waals surface area contributed by atoms with Crippen LogP contribution >= 0.6 is 0 Å². The van der Waals surface area contributed by atoms with E-state index in [9.17, 15) is 13.9 Å². The molecule has 0 bridgehead atoms. The Labute approximate surface area is 103 Å². The first kappa shape index (κ1) is 12.3. The number of para-hydroxylation sites is 1. The number of halogens is 2. The van der Waals surface area contributed by atoms with E-state index in [1.807, 2.05) is 0 Å². The predicted octanol–water partition coefficient (Wildman–Crippen LogP) is 2.90. The fraction of sp³-hybridized carbons (Fsp3) is 0.250. The summed E-state index contributed by atoms with van der Waals surface area (Å²) in [5.41, 5.74) is 1.71. The van der Waals surface area contributed by atoms with Gasteiger partial charge in [0.05, 0.1) is 17.6 Å². The molecule has 2 aromatic rings. The Morgan fingerprint density at radius 3 is 2.72 bits per heavy atom. The molecule has 1 aromatic heterocycles. The molecule has 2 N–H and O–H groups in total. The van der Waals surface area contributed by atoms with Gasteiger partial charge in [0, 0.05) is 12.1 Å². The van der Waals surface area contributed by atoms with Gasteiger partial charge in [-0.2, -0.15) is 13.9 Å². The second-order valence-electron chi connectivity index (χ2n) is 3.87. The van der Waals surface area contributed by atoms with Gasteiger partial charge in [-0.1, -0.05) is 18.2 Å². The van der Waals surface area contributed by atoms with Gasteiger partial charge in [0.15, 0.2) is 0 Å². The van der Waals surface area contributed by atoms with Gasteiger partial charge < -0.3 is 10.4 Å². The highest BCUT2D eigenvalue weighted by atomic mass is 19.3. The van der Waals surface area contributed by atoms with Crippen LogP contribution in [0, 0.1) is 6.92 Å². The smallest absolute Gasteiger partial charge is 0.333 e. The Kier molecular flexibility index (Phi) is 3.45. The lowest BCUT2D eigenvalue weighted by molar-refractivity contribution is 0.0563. The molecule has 4 nitrogen and oxygen atoms in total. The second-order valence-corrected chi connectivity index (χ2v) is 3.87. The van der Waals surface area contributed by atoms with E-state index < -0.39 is 6.55 Å². The van der Waals surface area contributed by atoms with Gasteiger partial charge in [0.25, 0.3) is 0 Å². The van der Waals surface area contributed by atoms with Crippen LogP contribution in [-0.4, -0.2) is 14.9 Å². The van der Waals surface area contributed by atoms with Gasteiger partial charge in [-0.15, -0.1) is 0 Å². The number of alkyl halides is 2. The van der Waals surface area contributed by atoms with Crippen molar-refractivity contribution in [1.29, 1.82) is 0 Å². The van der Waals surface area contributed by atoms with E-state index in [4.69, 9.17) is 0 Å². The number of aromatic hydroxyl groups is 1. The van der Waals surface area contributed by atoms with Crippen molar-refractivity contribution < 1.29 is 13.9 Å². The molecule has 0 aliphatic rings. The van der Waals surface area contributed by atoms with E-state index in [2.05, 4.69) is 10.4 Å². The molecule has 0 atom stereocenters. The van der Waals surface area contributed by atoms with Crippen LogP contribution in [0.2, 0.25) is 0 Å². The molecule has 0 radical (unpaired) electrons. The fourth-order valence-electron chi connectivity index (χ4n) is 1.61. The zero-order valence-corrected chi connectivity index (χ0v) is 9.77. The molecule has 18 heavy (non-hydrogen) atoms. The van der Waals surface area contributed by atoms with Crippen LogP contribution in [0.5, 0.6) is 5.75 Å². The molecule has 0 fully saturated rings. The van der Waals surface area contributed by atoms with Crippen LogP contribution in [0.15, 0.2) is 30.5 Å². The molecule has 0 aliphatic carbocycles. The van der Waals surface area contributed by atoms with E-state index in [0.717, 1.165) is 0 Å². The maximum atomic E-state index is 12.4. The Morgan fingerprint density at radius 2 is 2.11 bits per heavy atom. The summed E-state index contributed by atoms with van der Waals surface area (Å²) in [6.07, 6.45) is 1.25. The van der Waals surface area contributed by atoms with Gasteiger partial charge in [-0.25, -0.2) is 4.68 Å². The Balaban J connectivity index is 2.09. The fourth-order valence-corrected chi connectivity index (χ4v) is 1.61. The second kappa shape index (κ2) is 5.03. The third kappa shape index (κ3) is 2.58. The minimum atomic E-state index is -2.65. The summed E-state index contributed by atoms with van der Waals surface area (Å²) in [7, 11) is 0. The number of aryl methyl sites for hydroxylation is 1. The maximum absolute atomic E-state index is 12.4. The Hall–Kier alpha value is -2.11. The minimum absolute atomic E-state index is 0.170. The van der Waals surface area contributed by atoms with Crippen LogP contribution in [0.3, 0.4) is 0 Å². The van der Waals surface area contributed by atoms with Crippen LogP contribution in [0.4, 0.5) is 14.5 Å². The topological polar surface area (TPSA) is 50.1 Å². The number of anilines is 1. The van der Waals surface area contributed by atoms with Crippen molar-refractivity contribution in [3.05, 3.63) is 41.7 Å². The lowest BCUT2D eigenvalue weighted by Crippen LogP contribution is -2.00. The number of hydrogen-bond acceptors (Lipinski definition) is 3. The van der Waals surface area contributed by atoms with Crippen molar-refractivity contribution in [3.63, 3.8) is 0 Å². The summed E-state index contributed by atoms with van der Waals surface area (Å²) in [5.74, 6) is 0.170. The molecule has 0 aliphatic heterocycles. The number of benzene rings is 1. The number of nitrogens with zero attached hydrogens (tertiary/aromatic N) is 2. The van der Waals surface area contributed by atoms with Gasteiger partial charge in [0.1, 0.15) is 5.75 Å². The zero-order valence-electron chi connectivity index (χ0n) is 9.77. The molecule has 6 heteroatoms. The van der Waals surface area contributed by atoms with Gasteiger partial charge >= 0.3 is 6.55 Å². The normalized spacial score (nSPS) is 10.9. The number of phenols is 1. The molecule has 1 aromatic carbocycles. The first-order valence-corrected chi connectivity index (χ1v) is 5.42. The number of hydrogen-bond donors (Lipinski definition) is 2. The first-order valence-electron chi connectivity index (χ1n) is 5.42. The molecule has 1 heterocycles. The molecule has 2 rings (SSSR count). The third-order valence-electron chi connectivity index (χ3n) is 2.58. The predicted molar refractivity (Wildman–Crippen MR) is 63.7 cm³/mol. The average molecular weight is 253 g/mol. The summed E-state index contributed by atoms with van der Waals surface area (Å²) < 4.78 is 25.4. The van der Waals surface area contributed by atoms with E-state index in [1.54, 1.807) is 31.2 Å². The quantitative estimate of drug-likeness (QED) is 0.880. The van der Waals surface area contributed by atoms with E-state index in [-0.39, 0.29) is 5.75 Å². The monoisotopic (exact) mass is 253 g/mol. The highest BCUT2D eigenvalue weighted by Crippen LogP contribution is 2.21. The summed E-state index contributed by atoms with van der Waals surface area (Å²) in [6.45, 7) is -0.654. The number of phenolic OH excluding ortho intramolecular Hbond substituents is 1. The van der Waals surface area contributed by atoms with Crippen LogP contribution in [-0.2, 0) is 6.54 Å². The number of aromatic nitrogens is 2. The molecule has 0 saturated heterocycles. The summed E-state index contributed by atoms with van der Waals surface area (Å²) in [6, 6.07) is 6.85. The van der Waals surface area contributed by atoms with E-state index in [1.165, 1.54) is 6.20 Å². The Morgan fingerprint density at radius 1 is 1.39 bits per heavy atom. The van der Waals surface area contributed by atoms with E-state index >= 15 is 0 Å². The van der Waals surface area contributed by atoms with Gasteiger partial charge in [0.2, 0.25) is 0 Å². The molecule has 0 saturated carbocycles. The van der Waals surface area contributed by atoms with Crippen LogP contribution in [0.25, 0.3) is 0 Å². The van der Waals surface area contributed by atoms with Crippen molar-refractivity contribution >= 4 is 5.69 Å². The minimum Gasteiger partial charge on any atom is -0.508 e. The molecule has 0 spiro atoms. The summed E-state index contributed by atoms with van der Waals surface area (Å²) in [4.78, 5) is 0. The number of nitrogens with one attached hydrogen (secondary N) is 1. The first-order chi connectivity index (χ1) is 8.58. The van der Waals surface area contributed by atoms with Crippen molar-refractivity contribution in [3.8, 4) is 5.75 Å². The SMILES string of the molecule is Cc1nn(C(F)F)cc1NCc1ccccc1O. The molecule has 96 valence electrons. The largest absolute Gasteiger partial charge is 0.508 e. The molecule has 0 unspecified atom stereocenters. The zero-order chi connectivity index (χ0) is 13.1. The summed E-state index contributed by atoms with van der Waals surface area (Å²) >= 11 is 0. The maximum Gasteiger partial charge on any atom is 0.333 e. The van der Waals surface area contributed by atoms with Crippen molar-refractivity contribution in [2.24, 2.45) is 0 Å². The summed E-state index contributed by atoms with van der Waals surface area (Å²) in [5, 5.41) is 16.2. The van der Waals surface area contributed by atoms with Crippen LogP contribution < -0.4 is 5.32 Å². The van der Waals surface area contributed by atoms with Crippen molar-refractivity contribution in [1.82, 2.24) is 9.78 Å². The highest BCUT2D eigenvalue weighted by Gasteiger charge is 2.11. The van der Waals surface area contributed by atoms with Crippen molar-refractivity contribution in [2.45, 2.75) is 20.0 Å².